The Labute approximate surface area is 164 Å². The molecule has 2 heterocycles. The average molecular weight is 408 g/mol. The zero-order valence-electron chi connectivity index (χ0n) is 13.8. The molecule has 0 aliphatic rings. The lowest BCUT2D eigenvalue weighted by Gasteiger charge is -2.08. The van der Waals surface area contributed by atoms with Gasteiger partial charge in [-0.05, 0) is 31.2 Å². The molecule has 0 unspecified atom stereocenters. The van der Waals surface area contributed by atoms with Crippen LogP contribution in [0.4, 0.5) is 5.69 Å². The van der Waals surface area contributed by atoms with Crippen molar-refractivity contribution in [1.29, 1.82) is 0 Å². The van der Waals surface area contributed by atoms with Gasteiger partial charge in [-0.15, -0.1) is 10.2 Å². The quantitative estimate of drug-likeness (QED) is 0.484. The zero-order valence-corrected chi connectivity index (χ0v) is 16.1. The van der Waals surface area contributed by atoms with Crippen molar-refractivity contribution < 1.29 is 4.79 Å². The van der Waals surface area contributed by atoms with Crippen LogP contribution in [0.1, 0.15) is 6.92 Å². The molecule has 0 saturated heterocycles. The summed E-state index contributed by atoms with van der Waals surface area (Å²) in [5.41, 5.74) is 1.36. The molecule has 0 aliphatic carbocycles. The van der Waals surface area contributed by atoms with Crippen LogP contribution in [0.2, 0.25) is 10.2 Å². The predicted octanol–water partition coefficient (Wildman–Crippen LogP) is 4.40. The van der Waals surface area contributed by atoms with Crippen LogP contribution in [-0.4, -0.2) is 31.4 Å². The van der Waals surface area contributed by atoms with Crippen molar-refractivity contribution in [3.63, 3.8) is 0 Å². The third-order valence-electron chi connectivity index (χ3n) is 3.48. The summed E-state index contributed by atoms with van der Waals surface area (Å²) < 4.78 is 1.95. The lowest BCUT2D eigenvalue weighted by Crippen LogP contribution is -2.15. The predicted molar refractivity (Wildman–Crippen MR) is 105 cm³/mol. The van der Waals surface area contributed by atoms with Gasteiger partial charge in [-0.25, -0.2) is 4.98 Å². The van der Waals surface area contributed by atoms with Crippen LogP contribution in [0.15, 0.2) is 47.8 Å². The Morgan fingerprint density at radius 3 is 2.81 bits per heavy atom. The number of rotatable bonds is 6. The molecule has 0 radical (unpaired) electrons. The number of hydrogen-bond donors (Lipinski definition) is 1. The average Bonchev–Trinajstić information content (AvgIpc) is 3.05. The monoisotopic (exact) mass is 407 g/mol. The molecule has 0 fully saturated rings. The molecule has 3 aromatic rings. The van der Waals surface area contributed by atoms with E-state index in [1.54, 1.807) is 24.4 Å². The second kappa shape index (κ2) is 8.53. The van der Waals surface area contributed by atoms with Crippen LogP contribution >= 0.6 is 35.0 Å². The van der Waals surface area contributed by atoms with Gasteiger partial charge >= 0.3 is 0 Å². The minimum absolute atomic E-state index is 0.179. The van der Waals surface area contributed by atoms with Gasteiger partial charge in [0.05, 0.1) is 11.4 Å². The zero-order chi connectivity index (χ0) is 18.5. The summed E-state index contributed by atoms with van der Waals surface area (Å²) in [5, 5.41) is 12.7. The van der Waals surface area contributed by atoms with Gasteiger partial charge in [-0.1, -0.05) is 47.1 Å². The van der Waals surface area contributed by atoms with Crippen molar-refractivity contribution in [3.05, 3.63) is 52.8 Å². The fraction of sp³-hybridized carbons (Fsp3) is 0.176. The van der Waals surface area contributed by atoms with Gasteiger partial charge in [0.2, 0.25) is 5.91 Å². The molecule has 0 saturated carbocycles. The highest BCUT2D eigenvalue weighted by Gasteiger charge is 2.15. The molecule has 1 aromatic carbocycles. The second-order valence-electron chi connectivity index (χ2n) is 5.24. The van der Waals surface area contributed by atoms with E-state index in [1.165, 1.54) is 11.8 Å². The first-order chi connectivity index (χ1) is 12.6. The third-order valence-corrected chi connectivity index (χ3v) is 4.98. The Morgan fingerprint density at radius 1 is 1.23 bits per heavy atom. The highest BCUT2D eigenvalue weighted by atomic mass is 35.5. The number of halogens is 2. The number of nitrogens with zero attached hydrogens (tertiary/aromatic N) is 4. The van der Waals surface area contributed by atoms with Crippen molar-refractivity contribution in [2.45, 2.75) is 18.6 Å². The van der Waals surface area contributed by atoms with Gasteiger partial charge in [-0.2, -0.15) is 0 Å². The molecule has 1 amide bonds. The van der Waals surface area contributed by atoms with Crippen LogP contribution in [0.3, 0.4) is 0 Å². The third kappa shape index (κ3) is 4.35. The van der Waals surface area contributed by atoms with Crippen LogP contribution in [0.5, 0.6) is 0 Å². The van der Waals surface area contributed by atoms with Crippen molar-refractivity contribution in [3.8, 4) is 11.4 Å². The fourth-order valence-corrected chi connectivity index (χ4v) is 3.48. The SMILES string of the molecule is CCn1c(SCC(=O)Nc2cccnc2Cl)nnc1-c1cccc(Cl)c1. The van der Waals surface area contributed by atoms with Gasteiger partial charge in [-0.3, -0.25) is 4.79 Å². The van der Waals surface area contributed by atoms with E-state index in [0.29, 0.717) is 28.2 Å². The van der Waals surface area contributed by atoms with Crippen molar-refractivity contribution in [1.82, 2.24) is 19.7 Å². The molecule has 6 nitrogen and oxygen atoms in total. The van der Waals surface area contributed by atoms with E-state index in [2.05, 4.69) is 20.5 Å². The maximum atomic E-state index is 12.2. The van der Waals surface area contributed by atoms with E-state index < -0.39 is 0 Å². The number of carbonyl (C=O) groups is 1. The van der Waals surface area contributed by atoms with E-state index in [-0.39, 0.29) is 16.8 Å². The minimum atomic E-state index is -0.195. The summed E-state index contributed by atoms with van der Waals surface area (Å²) in [6, 6.07) is 10.8. The summed E-state index contributed by atoms with van der Waals surface area (Å²) in [6.45, 7) is 2.67. The van der Waals surface area contributed by atoms with Crippen LogP contribution < -0.4 is 5.32 Å². The summed E-state index contributed by atoms with van der Waals surface area (Å²) in [6.07, 6.45) is 1.56. The maximum Gasteiger partial charge on any atom is 0.234 e. The smallest absolute Gasteiger partial charge is 0.234 e. The number of thioether (sulfide) groups is 1. The first-order valence-electron chi connectivity index (χ1n) is 7.80. The first kappa shape index (κ1) is 18.7. The molecule has 3 rings (SSSR count). The number of carbonyl (C=O) groups excluding carboxylic acids is 1. The molecule has 0 aliphatic heterocycles. The molecule has 26 heavy (non-hydrogen) atoms. The van der Waals surface area contributed by atoms with E-state index in [0.717, 1.165) is 5.56 Å². The summed E-state index contributed by atoms with van der Waals surface area (Å²) in [4.78, 5) is 16.1. The number of hydrogen-bond acceptors (Lipinski definition) is 5. The Kier molecular flexibility index (Phi) is 6.13. The van der Waals surface area contributed by atoms with Gasteiger partial charge in [0.25, 0.3) is 0 Å². The van der Waals surface area contributed by atoms with E-state index >= 15 is 0 Å². The van der Waals surface area contributed by atoms with Gasteiger partial charge < -0.3 is 9.88 Å². The minimum Gasteiger partial charge on any atom is -0.323 e. The molecule has 2 aromatic heterocycles. The molecule has 0 bridgehead atoms. The summed E-state index contributed by atoms with van der Waals surface area (Å²) in [5.74, 6) is 0.701. The number of anilines is 1. The molecule has 0 spiro atoms. The number of amides is 1. The Morgan fingerprint density at radius 2 is 2.08 bits per heavy atom. The highest BCUT2D eigenvalue weighted by Crippen LogP contribution is 2.26. The Hall–Kier alpha value is -2.09. The molecular weight excluding hydrogens is 393 g/mol. The topological polar surface area (TPSA) is 72.7 Å². The largest absolute Gasteiger partial charge is 0.323 e. The lowest BCUT2D eigenvalue weighted by atomic mass is 10.2. The van der Waals surface area contributed by atoms with Crippen molar-refractivity contribution >= 4 is 46.6 Å². The normalized spacial score (nSPS) is 10.7. The summed E-state index contributed by atoms with van der Waals surface area (Å²) >= 11 is 13.3. The van der Waals surface area contributed by atoms with E-state index in [1.807, 2.05) is 29.7 Å². The van der Waals surface area contributed by atoms with Crippen LogP contribution in [-0.2, 0) is 11.3 Å². The molecular formula is C17H15Cl2N5OS. The first-order valence-corrected chi connectivity index (χ1v) is 9.55. The van der Waals surface area contributed by atoms with Gasteiger partial charge in [0.1, 0.15) is 0 Å². The van der Waals surface area contributed by atoms with E-state index in [4.69, 9.17) is 23.2 Å². The molecule has 1 N–H and O–H groups in total. The number of nitrogens with one attached hydrogen (secondary N) is 1. The molecule has 0 atom stereocenters. The molecule has 134 valence electrons. The number of pyridine rings is 1. The Bertz CT molecular complexity index is 931. The highest BCUT2D eigenvalue weighted by molar-refractivity contribution is 7.99. The van der Waals surface area contributed by atoms with Gasteiger partial charge in [0.15, 0.2) is 16.1 Å². The molecule has 9 heteroatoms. The van der Waals surface area contributed by atoms with E-state index in [9.17, 15) is 4.79 Å². The lowest BCUT2D eigenvalue weighted by molar-refractivity contribution is -0.113. The number of benzene rings is 1. The Balaban J connectivity index is 1.71. The van der Waals surface area contributed by atoms with Crippen LogP contribution in [0, 0.1) is 0 Å². The van der Waals surface area contributed by atoms with Crippen molar-refractivity contribution in [2.75, 3.05) is 11.1 Å². The van der Waals surface area contributed by atoms with Crippen LogP contribution in [0.25, 0.3) is 11.4 Å². The maximum absolute atomic E-state index is 12.2. The standard InChI is InChI=1S/C17H15Cl2N5OS/c1-2-24-16(11-5-3-6-12(18)9-11)22-23-17(24)26-10-14(25)21-13-7-4-8-20-15(13)19/h3-9H,2,10H2,1H3,(H,21,25). The van der Waals surface area contributed by atoms with Gasteiger partial charge in [0, 0.05) is 23.3 Å². The number of aromatic nitrogens is 4. The summed E-state index contributed by atoms with van der Waals surface area (Å²) in [7, 11) is 0. The fourth-order valence-electron chi connectivity index (χ4n) is 2.32. The van der Waals surface area contributed by atoms with Crippen molar-refractivity contribution in [2.24, 2.45) is 0 Å². The second-order valence-corrected chi connectivity index (χ2v) is 6.98.